The minimum atomic E-state index is -0.113. The van der Waals surface area contributed by atoms with Crippen LogP contribution in [0, 0.1) is 6.92 Å². The van der Waals surface area contributed by atoms with Crippen molar-refractivity contribution in [3.63, 3.8) is 0 Å². The predicted molar refractivity (Wildman–Crippen MR) is 87.5 cm³/mol. The van der Waals surface area contributed by atoms with Gasteiger partial charge in [-0.25, -0.2) is 0 Å². The molecule has 0 heterocycles. The Labute approximate surface area is 131 Å². The number of halogens is 2. The third kappa shape index (κ3) is 4.25. The SMILES string of the molecule is Cc1ccc(Cl)cc1NC(=O)CNc1ccc(Br)cc1. The Balaban J connectivity index is 1.92. The van der Waals surface area contributed by atoms with Gasteiger partial charge in [-0.2, -0.15) is 0 Å². The first-order chi connectivity index (χ1) is 9.54. The minimum absolute atomic E-state index is 0.113. The van der Waals surface area contributed by atoms with E-state index < -0.39 is 0 Å². The summed E-state index contributed by atoms with van der Waals surface area (Å²) < 4.78 is 1.00. The molecular formula is C15H14BrClN2O. The average Bonchev–Trinajstić information content (AvgIpc) is 2.42. The molecule has 2 N–H and O–H groups in total. The molecule has 3 nitrogen and oxygen atoms in total. The molecule has 0 aromatic heterocycles. The molecule has 1 amide bonds. The number of hydrogen-bond acceptors (Lipinski definition) is 2. The van der Waals surface area contributed by atoms with Gasteiger partial charge < -0.3 is 10.6 Å². The summed E-state index contributed by atoms with van der Waals surface area (Å²) in [7, 11) is 0. The van der Waals surface area contributed by atoms with E-state index in [-0.39, 0.29) is 12.5 Å². The Kier molecular flexibility index (Phi) is 5.04. The first kappa shape index (κ1) is 14.9. The molecule has 0 unspecified atom stereocenters. The number of aryl methyl sites for hydroxylation is 1. The van der Waals surface area contributed by atoms with Gasteiger partial charge in [0, 0.05) is 20.9 Å². The molecule has 0 atom stereocenters. The predicted octanol–water partition coefficient (Wildman–Crippen LogP) is 4.46. The van der Waals surface area contributed by atoms with E-state index in [1.54, 1.807) is 12.1 Å². The summed E-state index contributed by atoms with van der Waals surface area (Å²) in [6.45, 7) is 2.13. The lowest BCUT2D eigenvalue weighted by molar-refractivity contribution is -0.114. The summed E-state index contributed by atoms with van der Waals surface area (Å²) >= 11 is 9.28. The van der Waals surface area contributed by atoms with Gasteiger partial charge in [-0.05, 0) is 48.9 Å². The lowest BCUT2D eigenvalue weighted by atomic mass is 10.2. The highest BCUT2D eigenvalue weighted by molar-refractivity contribution is 9.10. The van der Waals surface area contributed by atoms with Crippen molar-refractivity contribution in [2.24, 2.45) is 0 Å². The van der Waals surface area contributed by atoms with Crippen molar-refractivity contribution in [1.29, 1.82) is 0 Å². The Morgan fingerprint density at radius 1 is 1.20 bits per heavy atom. The average molecular weight is 354 g/mol. The second-order valence-electron chi connectivity index (χ2n) is 4.37. The third-order valence-electron chi connectivity index (χ3n) is 2.77. The molecule has 5 heteroatoms. The summed E-state index contributed by atoms with van der Waals surface area (Å²) in [5, 5.41) is 6.50. The van der Waals surface area contributed by atoms with Gasteiger partial charge in [0.1, 0.15) is 0 Å². The Hall–Kier alpha value is -1.52. The quantitative estimate of drug-likeness (QED) is 0.852. The van der Waals surface area contributed by atoms with Gasteiger partial charge in [-0.15, -0.1) is 0 Å². The summed E-state index contributed by atoms with van der Waals surface area (Å²) in [4.78, 5) is 11.9. The topological polar surface area (TPSA) is 41.1 Å². The van der Waals surface area contributed by atoms with Crippen molar-refractivity contribution >= 4 is 44.8 Å². The lowest BCUT2D eigenvalue weighted by Gasteiger charge is -2.10. The lowest BCUT2D eigenvalue weighted by Crippen LogP contribution is -2.22. The van der Waals surface area contributed by atoms with Crippen LogP contribution in [0.3, 0.4) is 0 Å². The van der Waals surface area contributed by atoms with Crippen molar-refractivity contribution in [3.8, 4) is 0 Å². The van der Waals surface area contributed by atoms with Crippen LogP contribution in [-0.2, 0) is 4.79 Å². The molecule has 0 aliphatic rings. The second kappa shape index (κ2) is 6.77. The van der Waals surface area contributed by atoms with Crippen LogP contribution in [0.15, 0.2) is 46.9 Å². The van der Waals surface area contributed by atoms with Crippen molar-refractivity contribution in [2.75, 3.05) is 17.2 Å². The van der Waals surface area contributed by atoms with E-state index in [1.165, 1.54) is 0 Å². The number of carbonyl (C=O) groups is 1. The van der Waals surface area contributed by atoms with Crippen molar-refractivity contribution in [1.82, 2.24) is 0 Å². The van der Waals surface area contributed by atoms with E-state index >= 15 is 0 Å². The zero-order valence-electron chi connectivity index (χ0n) is 10.9. The van der Waals surface area contributed by atoms with Crippen molar-refractivity contribution in [3.05, 3.63) is 57.5 Å². The minimum Gasteiger partial charge on any atom is -0.376 e. The Bertz CT molecular complexity index is 614. The normalized spacial score (nSPS) is 10.2. The molecule has 0 fully saturated rings. The maximum absolute atomic E-state index is 11.9. The highest BCUT2D eigenvalue weighted by atomic mass is 79.9. The maximum Gasteiger partial charge on any atom is 0.243 e. The van der Waals surface area contributed by atoms with E-state index in [1.807, 2.05) is 37.3 Å². The van der Waals surface area contributed by atoms with E-state index in [0.717, 1.165) is 21.4 Å². The molecule has 20 heavy (non-hydrogen) atoms. The summed E-state index contributed by atoms with van der Waals surface area (Å²) in [6.07, 6.45) is 0. The standard InChI is InChI=1S/C15H14BrClN2O/c1-10-2-5-12(17)8-14(10)19-15(20)9-18-13-6-3-11(16)4-7-13/h2-8,18H,9H2,1H3,(H,19,20). The van der Waals surface area contributed by atoms with Crippen LogP contribution < -0.4 is 10.6 Å². The van der Waals surface area contributed by atoms with Crippen LogP contribution in [0.4, 0.5) is 11.4 Å². The fourth-order valence-electron chi connectivity index (χ4n) is 1.67. The first-order valence-electron chi connectivity index (χ1n) is 6.10. The summed E-state index contributed by atoms with van der Waals surface area (Å²) in [5.74, 6) is -0.113. The number of amides is 1. The highest BCUT2D eigenvalue weighted by Crippen LogP contribution is 2.20. The first-order valence-corrected chi connectivity index (χ1v) is 7.27. The maximum atomic E-state index is 11.9. The molecule has 2 rings (SSSR count). The largest absolute Gasteiger partial charge is 0.376 e. The van der Waals surface area contributed by atoms with E-state index in [9.17, 15) is 4.79 Å². The van der Waals surface area contributed by atoms with Crippen LogP contribution in [-0.4, -0.2) is 12.5 Å². The molecule has 0 aliphatic carbocycles. The van der Waals surface area contributed by atoms with Crippen LogP contribution in [0.2, 0.25) is 5.02 Å². The van der Waals surface area contributed by atoms with Crippen molar-refractivity contribution in [2.45, 2.75) is 6.92 Å². The van der Waals surface area contributed by atoms with E-state index in [4.69, 9.17) is 11.6 Å². The molecule has 104 valence electrons. The molecule has 2 aromatic carbocycles. The fraction of sp³-hybridized carbons (Fsp3) is 0.133. The fourth-order valence-corrected chi connectivity index (χ4v) is 2.11. The number of nitrogens with one attached hydrogen (secondary N) is 2. The molecule has 0 aliphatic heterocycles. The third-order valence-corrected chi connectivity index (χ3v) is 3.53. The molecule has 0 bridgehead atoms. The van der Waals surface area contributed by atoms with Gasteiger partial charge >= 0.3 is 0 Å². The summed E-state index contributed by atoms with van der Waals surface area (Å²) in [6, 6.07) is 13.1. The van der Waals surface area contributed by atoms with Crippen molar-refractivity contribution < 1.29 is 4.79 Å². The van der Waals surface area contributed by atoms with Crippen LogP contribution in [0.5, 0.6) is 0 Å². The zero-order valence-corrected chi connectivity index (χ0v) is 13.3. The molecular weight excluding hydrogens is 340 g/mol. The smallest absolute Gasteiger partial charge is 0.243 e. The molecule has 0 spiro atoms. The Morgan fingerprint density at radius 2 is 1.90 bits per heavy atom. The number of rotatable bonds is 4. The van der Waals surface area contributed by atoms with Gasteiger partial charge in [0.25, 0.3) is 0 Å². The highest BCUT2D eigenvalue weighted by Gasteiger charge is 2.05. The van der Waals surface area contributed by atoms with E-state index in [0.29, 0.717) is 5.02 Å². The van der Waals surface area contributed by atoms with Crippen LogP contribution >= 0.6 is 27.5 Å². The number of hydrogen-bond donors (Lipinski definition) is 2. The number of carbonyl (C=O) groups excluding carboxylic acids is 1. The van der Waals surface area contributed by atoms with Crippen LogP contribution in [0.25, 0.3) is 0 Å². The van der Waals surface area contributed by atoms with Gasteiger partial charge in [-0.3, -0.25) is 4.79 Å². The molecule has 0 saturated carbocycles. The zero-order chi connectivity index (χ0) is 14.5. The Morgan fingerprint density at radius 3 is 2.60 bits per heavy atom. The second-order valence-corrected chi connectivity index (χ2v) is 5.72. The van der Waals surface area contributed by atoms with Gasteiger partial charge in [0.05, 0.1) is 6.54 Å². The van der Waals surface area contributed by atoms with Gasteiger partial charge in [0.2, 0.25) is 5.91 Å². The summed E-state index contributed by atoms with van der Waals surface area (Å²) in [5.41, 5.74) is 2.61. The molecule has 0 radical (unpaired) electrons. The molecule has 2 aromatic rings. The number of benzene rings is 2. The number of anilines is 2. The monoisotopic (exact) mass is 352 g/mol. The van der Waals surface area contributed by atoms with Gasteiger partial charge in [-0.1, -0.05) is 33.6 Å². The van der Waals surface area contributed by atoms with E-state index in [2.05, 4.69) is 26.6 Å². The van der Waals surface area contributed by atoms with Crippen LogP contribution in [0.1, 0.15) is 5.56 Å². The van der Waals surface area contributed by atoms with Gasteiger partial charge in [0.15, 0.2) is 0 Å². The molecule has 0 saturated heterocycles.